The van der Waals surface area contributed by atoms with E-state index >= 15 is 0 Å². The maximum absolute atomic E-state index is 12.9. The number of fused-ring (bicyclic) bond motifs is 2. The Bertz CT molecular complexity index is 1430. The predicted molar refractivity (Wildman–Crippen MR) is 115 cm³/mol. The Hall–Kier alpha value is -3.72. The zero-order chi connectivity index (χ0) is 22.0. The fourth-order valence-electron chi connectivity index (χ4n) is 3.17. The lowest BCUT2D eigenvalue weighted by atomic mass is 10.2. The molecule has 0 N–H and O–H groups in total. The number of esters is 1. The second-order valence-electron chi connectivity index (χ2n) is 6.47. The van der Waals surface area contributed by atoms with E-state index in [0.717, 1.165) is 11.0 Å². The zero-order valence-corrected chi connectivity index (χ0v) is 17.6. The van der Waals surface area contributed by atoms with Gasteiger partial charge in [0.1, 0.15) is 35.2 Å². The summed E-state index contributed by atoms with van der Waals surface area (Å²) in [6.45, 7) is 2.11. The maximum atomic E-state index is 12.9. The average Bonchev–Trinajstić information content (AvgIpc) is 3.11. The highest BCUT2D eigenvalue weighted by atomic mass is 32.1. The van der Waals surface area contributed by atoms with Crippen LogP contribution in [0.1, 0.15) is 17.3 Å². The van der Waals surface area contributed by atoms with E-state index in [1.54, 1.807) is 34.9 Å². The topological polar surface area (TPSA) is 100 Å². The van der Waals surface area contributed by atoms with Gasteiger partial charge in [0.2, 0.25) is 5.43 Å². The molecule has 0 unspecified atom stereocenters. The van der Waals surface area contributed by atoms with Crippen LogP contribution in [0.3, 0.4) is 0 Å². The molecule has 31 heavy (non-hydrogen) atoms. The molecule has 1 amide bonds. The van der Waals surface area contributed by atoms with Crippen LogP contribution < -0.4 is 15.0 Å². The van der Waals surface area contributed by atoms with Gasteiger partial charge >= 0.3 is 5.97 Å². The molecule has 0 aliphatic carbocycles. The van der Waals surface area contributed by atoms with Gasteiger partial charge in [0, 0.05) is 0 Å². The minimum absolute atomic E-state index is 0.168. The van der Waals surface area contributed by atoms with Crippen molar-refractivity contribution in [1.29, 1.82) is 0 Å². The number of hydrogen-bond acceptors (Lipinski definition) is 7. The molecule has 0 radical (unpaired) electrons. The molecule has 8 nitrogen and oxygen atoms in total. The number of aromatic nitrogens is 1. The van der Waals surface area contributed by atoms with Gasteiger partial charge in [-0.2, -0.15) is 4.99 Å². The molecule has 2 aromatic carbocycles. The van der Waals surface area contributed by atoms with Crippen LogP contribution in [0.15, 0.2) is 62.9 Å². The minimum Gasteiger partial charge on any atom is -0.492 e. The SMILES string of the molecule is CCOc1cccc2sc(=NC(=O)c3coc4ccccc4c3=O)n(CC(=O)OC)c12. The molecule has 0 saturated carbocycles. The number of carbonyl (C=O) groups is 2. The Kier molecular flexibility index (Phi) is 5.68. The van der Waals surface area contributed by atoms with Crippen molar-refractivity contribution in [3.05, 3.63) is 69.3 Å². The average molecular weight is 438 g/mol. The molecule has 0 saturated heterocycles. The van der Waals surface area contributed by atoms with Gasteiger partial charge in [-0.25, -0.2) is 0 Å². The van der Waals surface area contributed by atoms with Crippen LogP contribution in [-0.4, -0.2) is 30.2 Å². The highest BCUT2D eigenvalue weighted by Gasteiger charge is 2.18. The first kappa shape index (κ1) is 20.5. The van der Waals surface area contributed by atoms with E-state index in [4.69, 9.17) is 13.9 Å². The van der Waals surface area contributed by atoms with Crippen LogP contribution in [0.25, 0.3) is 21.2 Å². The molecule has 0 aliphatic heterocycles. The predicted octanol–water partition coefficient (Wildman–Crippen LogP) is 3.12. The summed E-state index contributed by atoms with van der Waals surface area (Å²) in [6, 6.07) is 12.1. The summed E-state index contributed by atoms with van der Waals surface area (Å²) in [7, 11) is 1.28. The van der Waals surface area contributed by atoms with Gasteiger partial charge in [-0.15, -0.1) is 0 Å². The fourth-order valence-corrected chi connectivity index (χ4v) is 4.21. The number of nitrogens with zero attached hydrogens (tertiary/aromatic N) is 2. The van der Waals surface area contributed by atoms with Crippen LogP contribution >= 0.6 is 11.3 Å². The lowest BCUT2D eigenvalue weighted by molar-refractivity contribution is -0.141. The van der Waals surface area contributed by atoms with Crippen LogP contribution in [-0.2, 0) is 16.1 Å². The number of para-hydroxylation sites is 2. The molecule has 4 rings (SSSR count). The Labute approximate surface area is 180 Å². The van der Waals surface area contributed by atoms with Crippen molar-refractivity contribution in [3.8, 4) is 5.75 Å². The van der Waals surface area contributed by atoms with Crippen LogP contribution in [0.4, 0.5) is 0 Å². The summed E-state index contributed by atoms with van der Waals surface area (Å²) in [6.07, 6.45) is 1.11. The number of hydrogen-bond donors (Lipinski definition) is 0. The highest BCUT2D eigenvalue weighted by molar-refractivity contribution is 7.16. The number of thiazole rings is 1. The highest BCUT2D eigenvalue weighted by Crippen LogP contribution is 2.27. The third-order valence-corrected chi connectivity index (χ3v) is 5.63. The number of methoxy groups -OCH3 is 1. The van der Waals surface area contributed by atoms with Crippen molar-refractivity contribution >= 4 is 44.4 Å². The lowest BCUT2D eigenvalue weighted by Gasteiger charge is -2.08. The van der Waals surface area contributed by atoms with E-state index in [-0.39, 0.29) is 16.9 Å². The van der Waals surface area contributed by atoms with Crippen molar-refractivity contribution in [3.63, 3.8) is 0 Å². The van der Waals surface area contributed by atoms with E-state index in [1.165, 1.54) is 18.4 Å². The quantitative estimate of drug-likeness (QED) is 0.444. The maximum Gasteiger partial charge on any atom is 0.325 e. The molecule has 0 spiro atoms. The summed E-state index contributed by atoms with van der Waals surface area (Å²) >= 11 is 1.20. The monoisotopic (exact) mass is 438 g/mol. The summed E-state index contributed by atoms with van der Waals surface area (Å²) in [5, 5.41) is 0.293. The summed E-state index contributed by atoms with van der Waals surface area (Å²) in [5.41, 5.74) is 0.349. The number of amides is 1. The third-order valence-electron chi connectivity index (χ3n) is 4.59. The molecule has 4 aromatic rings. The molecular weight excluding hydrogens is 420 g/mol. The van der Waals surface area contributed by atoms with E-state index in [9.17, 15) is 14.4 Å². The molecule has 0 fully saturated rings. The molecule has 158 valence electrons. The first-order chi connectivity index (χ1) is 15.0. The van der Waals surface area contributed by atoms with Crippen molar-refractivity contribution in [2.45, 2.75) is 13.5 Å². The normalized spacial score (nSPS) is 11.7. The number of carbonyl (C=O) groups excluding carboxylic acids is 2. The summed E-state index contributed by atoms with van der Waals surface area (Å²) < 4.78 is 18.2. The van der Waals surface area contributed by atoms with E-state index < -0.39 is 17.3 Å². The number of ether oxygens (including phenoxy) is 2. The molecule has 0 atom stereocenters. The van der Waals surface area contributed by atoms with Gasteiger partial charge in [-0.3, -0.25) is 14.4 Å². The smallest absolute Gasteiger partial charge is 0.325 e. The largest absolute Gasteiger partial charge is 0.492 e. The van der Waals surface area contributed by atoms with Crippen molar-refractivity contribution < 1.29 is 23.5 Å². The van der Waals surface area contributed by atoms with E-state index in [1.807, 2.05) is 19.1 Å². The standard InChI is InChI=1S/C22H18N2O6S/c1-3-29-16-9-6-10-17-19(16)24(11-18(25)28-2)22(31-17)23-21(27)14-12-30-15-8-5-4-7-13(15)20(14)26/h4-10,12H,3,11H2,1-2H3. The van der Waals surface area contributed by atoms with Gasteiger partial charge in [-0.1, -0.05) is 29.5 Å². The molecule has 9 heteroatoms. The van der Waals surface area contributed by atoms with Gasteiger partial charge in [0.15, 0.2) is 4.80 Å². The van der Waals surface area contributed by atoms with Crippen molar-refractivity contribution in [2.75, 3.05) is 13.7 Å². The minimum atomic E-state index is -0.761. The number of benzene rings is 2. The second kappa shape index (κ2) is 8.57. The van der Waals surface area contributed by atoms with Crippen molar-refractivity contribution in [2.24, 2.45) is 4.99 Å². The third kappa shape index (κ3) is 3.87. The summed E-state index contributed by atoms with van der Waals surface area (Å²) in [4.78, 5) is 42.0. The second-order valence-corrected chi connectivity index (χ2v) is 7.48. The van der Waals surface area contributed by atoms with Crippen LogP contribution in [0.2, 0.25) is 0 Å². The first-order valence-corrected chi connectivity index (χ1v) is 10.3. The molecule has 0 bridgehead atoms. The van der Waals surface area contributed by atoms with Crippen LogP contribution in [0, 0.1) is 0 Å². The van der Waals surface area contributed by atoms with Gasteiger partial charge in [-0.05, 0) is 31.2 Å². The van der Waals surface area contributed by atoms with Gasteiger partial charge < -0.3 is 18.5 Å². The Balaban J connectivity index is 1.90. The van der Waals surface area contributed by atoms with E-state index in [0.29, 0.717) is 28.8 Å². The Morgan fingerprint density at radius 1 is 1.16 bits per heavy atom. The van der Waals surface area contributed by atoms with Gasteiger partial charge in [0.05, 0.1) is 23.8 Å². The zero-order valence-electron chi connectivity index (χ0n) is 16.8. The molecule has 2 aromatic heterocycles. The van der Waals surface area contributed by atoms with Gasteiger partial charge in [0.25, 0.3) is 5.91 Å². The summed E-state index contributed by atoms with van der Waals surface area (Å²) in [5.74, 6) is -0.716. The fraction of sp³-hybridized carbons (Fsp3) is 0.182. The molecular formula is C22H18N2O6S. The Morgan fingerprint density at radius 3 is 2.74 bits per heavy atom. The van der Waals surface area contributed by atoms with E-state index in [2.05, 4.69) is 4.99 Å². The lowest BCUT2D eigenvalue weighted by Crippen LogP contribution is -2.24. The van der Waals surface area contributed by atoms with Crippen molar-refractivity contribution in [1.82, 2.24) is 4.57 Å². The molecule has 2 heterocycles. The van der Waals surface area contributed by atoms with Crippen LogP contribution in [0.5, 0.6) is 5.75 Å². The number of rotatable bonds is 5. The molecule has 0 aliphatic rings. The first-order valence-electron chi connectivity index (χ1n) is 9.45. The Morgan fingerprint density at radius 2 is 1.97 bits per heavy atom.